The molecular weight excluding hydrogens is 286 g/mol. The summed E-state index contributed by atoms with van der Waals surface area (Å²) < 4.78 is 1.37. The lowest BCUT2D eigenvalue weighted by atomic mass is 10.2. The molecule has 8 nitrogen and oxygen atoms in total. The lowest BCUT2D eigenvalue weighted by Crippen LogP contribution is -2.33. The van der Waals surface area contributed by atoms with E-state index in [0.29, 0.717) is 6.54 Å². The van der Waals surface area contributed by atoms with Gasteiger partial charge in [0.15, 0.2) is 0 Å². The van der Waals surface area contributed by atoms with Gasteiger partial charge in [-0.1, -0.05) is 0 Å². The molecule has 0 radical (unpaired) electrons. The number of amides is 1. The Balaban J connectivity index is 1.61. The van der Waals surface area contributed by atoms with Gasteiger partial charge < -0.3 is 5.32 Å². The smallest absolute Gasteiger partial charge is 0.271 e. The number of H-pyrrole nitrogens is 1. The number of carbonyl (C=O) groups is 1. The number of aromatic nitrogens is 4. The zero-order valence-electron chi connectivity index (χ0n) is 11.8. The predicted octanol–water partition coefficient (Wildman–Crippen LogP) is -0.755. The van der Waals surface area contributed by atoms with Crippen LogP contribution in [0.3, 0.4) is 0 Å². The Morgan fingerprint density at radius 3 is 2.95 bits per heavy atom. The molecule has 1 aliphatic carbocycles. The lowest BCUT2D eigenvalue weighted by molar-refractivity contribution is 0.0945. The SMILES string of the molecule is O=C(NCCn1nc2c(cc1=O)CCC2)c1ccc(=O)[nH]n1. The molecule has 0 aromatic carbocycles. The van der Waals surface area contributed by atoms with Crippen LogP contribution in [0, 0.1) is 0 Å². The van der Waals surface area contributed by atoms with E-state index in [-0.39, 0.29) is 23.4 Å². The molecule has 2 heterocycles. The van der Waals surface area contributed by atoms with Crippen LogP contribution in [0.5, 0.6) is 0 Å². The molecule has 0 atom stereocenters. The molecule has 8 heteroatoms. The lowest BCUT2D eigenvalue weighted by Gasteiger charge is -2.08. The van der Waals surface area contributed by atoms with E-state index in [1.807, 2.05) is 0 Å². The number of hydrogen-bond donors (Lipinski definition) is 2. The molecular formula is C14H15N5O3. The zero-order chi connectivity index (χ0) is 15.5. The molecule has 0 spiro atoms. The van der Waals surface area contributed by atoms with E-state index in [4.69, 9.17) is 0 Å². The minimum atomic E-state index is -0.412. The van der Waals surface area contributed by atoms with Crippen LogP contribution in [-0.2, 0) is 19.4 Å². The van der Waals surface area contributed by atoms with Crippen LogP contribution >= 0.6 is 0 Å². The summed E-state index contributed by atoms with van der Waals surface area (Å²) in [6.45, 7) is 0.548. The summed E-state index contributed by atoms with van der Waals surface area (Å²) in [4.78, 5) is 34.6. The van der Waals surface area contributed by atoms with Crippen LogP contribution in [0.1, 0.15) is 28.2 Å². The van der Waals surface area contributed by atoms with Crippen molar-refractivity contribution in [2.75, 3.05) is 6.54 Å². The average Bonchev–Trinajstić information content (AvgIpc) is 2.95. The zero-order valence-corrected chi connectivity index (χ0v) is 11.8. The molecule has 0 aliphatic heterocycles. The molecule has 0 fully saturated rings. The summed E-state index contributed by atoms with van der Waals surface area (Å²) >= 11 is 0. The highest BCUT2D eigenvalue weighted by molar-refractivity contribution is 5.91. The first-order valence-electron chi connectivity index (χ1n) is 7.07. The monoisotopic (exact) mass is 301 g/mol. The van der Waals surface area contributed by atoms with E-state index in [0.717, 1.165) is 30.5 Å². The maximum atomic E-state index is 11.9. The second-order valence-electron chi connectivity index (χ2n) is 5.09. The molecule has 2 aromatic heterocycles. The number of rotatable bonds is 4. The van der Waals surface area contributed by atoms with Gasteiger partial charge in [0.25, 0.3) is 17.0 Å². The fourth-order valence-corrected chi connectivity index (χ4v) is 2.44. The number of nitrogens with zero attached hydrogens (tertiary/aromatic N) is 3. The van der Waals surface area contributed by atoms with Gasteiger partial charge in [0.2, 0.25) is 0 Å². The second-order valence-corrected chi connectivity index (χ2v) is 5.09. The van der Waals surface area contributed by atoms with Gasteiger partial charge in [0.05, 0.1) is 12.2 Å². The molecule has 2 N–H and O–H groups in total. The largest absolute Gasteiger partial charge is 0.349 e. The van der Waals surface area contributed by atoms with Crippen LogP contribution < -0.4 is 16.4 Å². The summed E-state index contributed by atoms with van der Waals surface area (Å²) in [5.74, 6) is -0.412. The Kier molecular flexibility index (Phi) is 3.82. The van der Waals surface area contributed by atoms with Gasteiger partial charge in [-0.05, 0) is 30.9 Å². The number of nitrogens with one attached hydrogen (secondary N) is 2. The van der Waals surface area contributed by atoms with Crippen molar-refractivity contribution in [3.63, 3.8) is 0 Å². The van der Waals surface area contributed by atoms with Gasteiger partial charge >= 0.3 is 0 Å². The molecule has 0 unspecified atom stereocenters. The van der Waals surface area contributed by atoms with Crippen molar-refractivity contribution in [1.29, 1.82) is 0 Å². The molecule has 3 rings (SSSR count). The van der Waals surface area contributed by atoms with Gasteiger partial charge in [-0.25, -0.2) is 9.78 Å². The van der Waals surface area contributed by atoms with E-state index < -0.39 is 5.91 Å². The molecule has 2 aromatic rings. The van der Waals surface area contributed by atoms with Gasteiger partial charge in [-0.2, -0.15) is 10.2 Å². The number of carbonyl (C=O) groups excluding carboxylic acids is 1. The van der Waals surface area contributed by atoms with Crippen LogP contribution in [0.15, 0.2) is 27.8 Å². The first-order chi connectivity index (χ1) is 10.6. The third-order valence-electron chi connectivity index (χ3n) is 3.54. The Hall–Kier alpha value is -2.77. The van der Waals surface area contributed by atoms with E-state index in [9.17, 15) is 14.4 Å². The van der Waals surface area contributed by atoms with E-state index >= 15 is 0 Å². The summed E-state index contributed by atoms with van der Waals surface area (Å²) in [6, 6.07) is 4.20. The number of aryl methyl sites for hydroxylation is 2. The van der Waals surface area contributed by atoms with Gasteiger partial charge in [0.1, 0.15) is 5.69 Å². The maximum absolute atomic E-state index is 11.9. The van der Waals surface area contributed by atoms with E-state index in [1.54, 1.807) is 6.07 Å². The second kappa shape index (κ2) is 5.92. The topological polar surface area (TPSA) is 110 Å². The Labute approximate surface area is 125 Å². The minimum Gasteiger partial charge on any atom is -0.349 e. The van der Waals surface area contributed by atoms with Crippen LogP contribution in [-0.4, -0.2) is 32.4 Å². The van der Waals surface area contributed by atoms with E-state index in [2.05, 4.69) is 20.6 Å². The minimum absolute atomic E-state index is 0.119. The molecule has 1 amide bonds. The normalized spacial score (nSPS) is 12.9. The van der Waals surface area contributed by atoms with Crippen molar-refractivity contribution in [2.24, 2.45) is 0 Å². The fraction of sp³-hybridized carbons (Fsp3) is 0.357. The van der Waals surface area contributed by atoms with Crippen molar-refractivity contribution in [3.8, 4) is 0 Å². The highest BCUT2D eigenvalue weighted by atomic mass is 16.2. The predicted molar refractivity (Wildman–Crippen MR) is 77.7 cm³/mol. The van der Waals surface area contributed by atoms with Crippen LogP contribution in [0.2, 0.25) is 0 Å². The van der Waals surface area contributed by atoms with Crippen LogP contribution in [0.25, 0.3) is 0 Å². The van der Waals surface area contributed by atoms with E-state index in [1.165, 1.54) is 16.8 Å². The first-order valence-corrected chi connectivity index (χ1v) is 7.07. The van der Waals surface area contributed by atoms with Crippen molar-refractivity contribution in [1.82, 2.24) is 25.3 Å². The summed E-state index contributed by atoms with van der Waals surface area (Å²) in [5, 5.41) is 12.8. The molecule has 0 saturated heterocycles. The summed E-state index contributed by atoms with van der Waals surface area (Å²) in [6.07, 6.45) is 2.83. The third-order valence-corrected chi connectivity index (χ3v) is 3.54. The third kappa shape index (κ3) is 2.95. The molecule has 114 valence electrons. The van der Waals surface area contributed by atoms with Crippen molar-refractivity contribution in [2.45, 2.75) is 25.8 Å². The Morgan fingerprint density at radius 1 is 1.32 bits per heavy atom. The Bertz CT molecular complexity index is 803. The molecule has 22 heavy (non-hydrogen) atoms. The standard InChI is InChI=1S/C14H15N5O3/c20-12-5-4-11(16-17-12)14(22)15-6-7-19-13(21)8-9-2-1-3-10(9)18-19/h4-5,8H,1-3,6-7H2,(H,15,22)(H,17,20). The highest BCUT2D eigenvalue weighted by Crippen LogP contribution is 2.16. The van der Waals surface area contributed by atoms with Gasteiger partial charge in [-0.15, -0.1) is 0 Å². The van der Waals surface area contributed by atoms with Gasteiger partial charge in [-0.3, -0.25) is 14.4 Å². The number of fused-ring (bicyclic) bond motifs is 1. The quantitative estimate of drug-likeness (QED) is 0.772. The van der Waals surface area contributed by atoms with Crippen molar-refractivity contribution in [3.05, 3.63) is 55.9 Å². The first kappa shape index (κ1) is 14.2. The molecule has 1 aliphatic rings. The summed E-state index contributed by atoms with van der Waals surface area (Å²) in [5.41, 5.74) is 1.59. The van der Waals surface area contributed by atoms with Crippen LogP contribution in [0.4, 0.5) is 0 Å². The summed E-state index contributed by atoms with van der Waals surface area (Å²) in [7, 11) is 0. The number of aromatic amines is 1. The molecule has 0 bridgehead atoms. The fourth-order valence-electron chi connectivity index (χ4n) is 2.44. The maximum Gasteiger partial charge on any atom is 0.271 e. The highest BCUT2D eigenvalue weighted by Gasteiger charge is 2.14. The number of hydrogen-bond acceptors (Lipinski definition) is 5. The molecule has 0 saturated carbocycles. The van der Waals surface area contributed by atoms with Gasteiger partial charge in [0, 0.05) is 18.7 Å². The Morgan fingerprint density at radius 2 is 2.18 bits per heavy atom. The van der Waals surface area contributed by atoms with Crippen molar-refractivity contribution < 1.29 is 4.79 Å². The van der Waals surface area contributed by atoms with Crippen molar-refractivity contribution >= 4 is 5.91 Å². The average molecular weight is 301 g/mol.